The number of aryl methyl sites for hydroxylation is 1. The quantitative estimate of drug-likeness (QED) is 0.833. The van der Waals surface area contributed by atoms with Crippen molar-refractivity contribution in [3.63, 3.8) is 0 Å². The van der Waals surface area contributed by atoms with E-state index in [0.29, 0.717) is 19.5 Å². The zero-order valence-electron chi connectivity index (χ0n) is 10.6. The Labute approximate surface area is 106 Å². The summed E-state index contributed by atoms with van der Waals surface area (Å²) in [4.78, 5) is 29.3. The van der Waals surface area contributed by atoms with Crippen LogP contribution in [0.25, 0.3) is 0 Å². The van der Waals surface area contributed by atoms with E-state index in [2.05, 4.69) is 10.3 Å². The third-order valence-electron chi connectivity index (χ3n) is 3.17. The van der Waals surface area contributed by atoms with Crippen LogP contribution in [0.15, 0.2) is 18.5 Å². The van der Waals surface area contributed by atoms with E-state index >= 15 is 0 Å². The summed E-state index contributed by atoms with van der Waals surface area (Å²) in [5.41, 5.74) is 2.13. The predicted molar refractivity (Wildman–Crippen MR) is 66.6 cm³/mol. The molecule has 0 saturated carbocycles. The van der Waals surface area contributed by atoms with Gasteiger partial charge in [0.1, 0.15) is 6.04 Å². The Hall–Kier alpha value is -1.91. The van der Waals surface area contributed by atoms with Crippen LogP contribution in [0.5, 0.6) is 0 Å². The third-order valence-corrected chi connectivity index (χ3v) is 3.17. The van der Waals surface area contributed by atoms with Gasteiger partial charge < -0.3 is 10.2 Å². The minimum Gasteiger partial charge on any atom is -0.345 e. The van der Waals surface area contributed by atoms with E-state index in [-0.39, 0.29) is 11.8 Å². The fraction of sp³-hybridized carbons (Fsp3) is 0.462. The van der Waals surface area contributed by atoms with Gasteiger partial charge in [-0.3, -0.25) is 14.6 Å². The SMILES string of the molecule is Cc1cnccc1CN1CCC(=O)NC(C)C1=O. The van der Waals surface area contributed by atoms with Crippen molar-refractivity contribution < 1.29 is 9.59 Å². The molecule has 0 aliphatic carbocycles. The highest BCUT2D eigenvalue weighted by Crippen LogP contribution is 2.12. The van der Waals surface area contributed by atoms with Crippen LogP contribution < -0.4 is 5.32 Å². The molecule has 1 aliphatic rings. The summed E-state index contributed by atoms with van der Waals surface area (Å²) >= 11 is 0. The number of carbonyl (C=O) groups excluding carboxylic acids is 2. The molecule has 5 nitrogen and oxygen atoms in total. The van der Waals surface area contributed by atoms with Crippen molar-refractivity contribution in [1.29, 1.82) is 0 Å². The van der Waals surface area contributed by atoms with Gasteiger partial charge in [0.2, 0.25) is 11.8 Å². The maximum absolute atomic E-state index is 12.1. The van der Waals surface area contributed by atoms with Gasteiger partial charge in [-0.05, 0) is 31.0 Å². The molecule has 18 heavy (non-hydrogen) atoms. The highest BCUT2D eigenvalue weighted by atomic mass is 16.2. The molecule has 5 heteroatoms. The lowest BCUT2D eigenvalue weighted by atomic mass is 10.1. The average Bonchev–Trinajstić information content (AvgIpc) is 2.45. The summed E-state index contributed by atoms with van der Waals surface area (Å²) in [5.74, 6) is -0.0955. The standard InChI is InChI=1S/C13H17N3O2/c1-9-7-14-5-3-11(9)8-16-6-4-12(17)15-10(2)13(16)18/h3,5,7,10H,4,6,8H2,1-2H3,(H,15,17). The maximum Gasteiger partial charge on any atom is 0.245 e. The molecule has 1 saturated heterocycles. The molecule has 2 heterocycles. The molecule has 96 valence electrons. The molecule has 0 aromatic carbocycles. The first-order valence-corrected chi connectivity index (χ1v) is 6.05. The Morgan fingerprint density at radius 3 is 3.00 bits per heavy atom. The molecule has 1 fully saturated rings. The van der Waals surface area contributed by atoms with E-state index in [1.165, 1.54) is 0 Å². The smallest absolute Gasteiger partial charge is 0.245 e. The second-order valence-corrected chi connectivity index (χ2v) is 4.60. The number of hydrogen-bond acceptors (Lipinski definition) is 3. The zero-order valence-corrected chi connectivity index (χ0v) is 10.6. The molecule has 2 amide bonds. The van der Waals surface area contributed by atoms with E-state index in [1.807, 2.05) is 13.0 Å². The average molecular weight is 247 g/mol. The normalized spacial score (nSPS) is 20.6. The largest absolute Gasteiger partial charge is 0.345 e. The second-order valence-electron chi connectivity index (χ2n) is 4.60. The lowest BCUT2D eigenvalue weighted by Crippen LogP contribution is -2.42. The fourth-order valence-electron chi connectivity index (χ4n) is 2.04. The molecule has 2 rings (SSSR count). The zero-order chi connectivity index (χ0) is 13.1. The molecule has 1 atom stereocenters. The Morgan fingerprint density at radius 1 is 1.50 bits per heavy atom. The Balaban J connectivity index is 2.15. The van der Waals surface area contributed by atoms with Crippen molar-refractivity contribution in [1.82, 2.24) is 15.2 Å². The highest BCUT2D eigenvalue weighted by molar-refractivity contribution is 5.89. The fourth-order valence-corrected chi connectivity index (χ4v) is 2.04. The molecule has 0 bridgehead atoms. The molecule has 0 spiro atoms. The van der Waals surface area contributed by atoms with Gasteiger partial charge in [0.05, 0.1) is 0 Å². The Kier molecular flexibility index (Phi) is 3.60. The van der Waals surface area contributed by atoms with Crippen LogP contribution in [-0.2, 0) is 16.1 Å². The lowest BCUT2D eigenvalue weighted by molar-refractivity contribution is -0.133. The van der Waals surface area contributed by atoms with Crippen molar-refractivity contribution in [3.8, 4) is 0 Å². The highest BCUT2D eigenvalue weighted by Gasteiger charge is 2.26. The number of aromatic nitrogens is 1. The first-order valence-electron chi connectivity index (χ1n) is 6.05. The van der Waals surface area contributed by atoms with Gasteiger partial charge in [0, 0.05) is 31.9 Å². The summed E-state index contributed by atoms with van der Waals surface area (Å²) in [7, 11) is 0. The predicted octanol–water partition coefficient (Wildman–Crippen LogP) is 0.627. The van der Waals surface area contributed by atoms with E-state index in [4.69, 9.17) is 0 Å². The van der Waals surface area contributed by atoms with Crippen molar-refractivity contribution in [3.05, 3.63) is 29.6 Å². The number of carbonyl (C=O) groups is 2. The number of amides is 2. The maximum atomic E-state index is 12.1. The number of rotatable bonds is 2. The number of nitrogens with zero attached hydrogens (tertiary/aromatic N) is 2. The van der Waals surface area contributed by atoms with E-state index < -0.39 is 6.04 Å². The van der Waals surface area contributed by atoms with Crippen LogP contribution in [0.1, 0.15) is 24.5 Å². The Bertz CT molecular complexity index is 473. The Morgan fingerprint density at radius 2 is 2.28 bits per heavy atom. The van der Waals surface area contributed by atoms with Gasteiger partial charge in [-0.1, -0.05) is 0 Å². The van der Waals surface area contributed by atoms with E-state index in [0.717, 1.165) is 11.1 Å². The number of pyridine rings is 1. The van der Waals surface area contributed by atoms with Crippen LogP contribution in [-0.4, -0.2) is 34.3 Å². The van der Waals surface area contributed by atoms with Gasteiger partial charge in [-0.15, -0.1) is 0 Å². The molecular formula is C13H17N3O2. The molecule has 1 unspecified atom stereocenters. The van der Waals surface area contributed by atoms with Crippen molar-refractivity contribution >= 4 is 11.8 Å². The summed E-state index contributed by atoms with van der Waals surface area (Å²) < 4.78 is 0. The minimum atomic E-state index is -0.442. The molecule has 0 radical (unpaired) electrons. The number of hydrogen-bond donors (Lipinski definition) is 1. The first-order chi connectivity index (χ1) is 8.58. The summed E-state index contributed by atoms with van der Waals surface area (Å²) in [6, 6.07) is 1.47. The van der Waals surface area contributed by atoms with Gasteiger partial charge in [0.25, 0.3) is 0 Å². The second kappa shape index (κ2) is 5.16. The summed E-state index contributed by atoms with van der Waals surface area (Å²) in [5, 5.41) is 2.68. The van der Waals surface area contributed by atoms with Crippen LogP contribution in [0.3, 0.4) is 0 Å². The first kappa shape index (κ1) is 12.5. The minimum absolute atomic E-state index is 0.0305. The number of nitrogens with one attached hydrogen (secondary N) is 1. The van der Waals surface area contributed by atoms with Crippen LogP contribution in [0.2, 0.25) is 0 Å². The van der Waals surface area contributed by atoms with Crippen LogP contribution in [0, 0.1) is 6.92 Å². The lowest BCUT2D eigenvalue weighted by Gasteiger charge is -2.23. The molecule has 1 N–H and O–H groups in total. The van der Waals surface area contributed by atoms with Crippen molar-refractivity contribution in [2.24, 2.45) is 0 Å². The molecular weight excluding hydrogens is 230 g/mol. The summed E-state index contributed by atoms with van der Waals surface area (Å²) in [6.45, 7) is 4.69. The van der Waals surface area contributed by atoms with Crippen molar-refractivity contribution in [2.45, 2.75) is 32.9 Å². The monoisotopic (exact) mass is 247 g/mol. The van der Waals surface area contributed by atoms with Gasteiger partial charge >= 0.3 is 0 Å². The van der Waals surface area contributed by atoms with Crippen LogP contribution in [0.4, 0.5) is 0 Å². The van der Waals surface area contributed by atoms with Crippen molar-refractivity contribution in [2.75, 3.05) is 6.54 Å². The van der Waals surface area contributed by atoms with E-state index in [1.54, 1.807) is 24.2 Å². The summed E-state index contributed by atoms with van der Waals surface area (Å²) in [6.07, 6.45) is 3.86. The van der Waals surface area contributed by atoms with Crippen LogP contribution >= 0.6 is 0 Å². The third kappa shape index (κ3) is 2.67. The molecule has 1 aromatic rings. The topological polar surface area (TPSA) is 62.3 Å². The van der Waals surface area contributed by atoms with Gasteiger partial charge in [0.15, 0.2) is 0 Å². The molecule has 1 aliphatic heterocycles. The molecule has 1 aromatic heterocycles. The van der Waals surface area contributed by atoms with Gasteiger partial charge in [-0.25, -0.2) is 0 Å². The van der Waals surface area contributed by atoms with E-state index in [9.17, 15) is 9.59 Å². The van der Waals surface area contributed by atoms with Gasteiger partial charge in [-0.2, -0.15) is 0 Å².